The molecule has 0 saturated carbocycles. The minimum atomic E-state index is -0.128. The normalized spacial score (nSPS) is 12.0. The maximum atomic E-state index is 12.4. The Kier molecular flexibility index (Phi) is 6.25. The molecular weight excluding hydrogens is 344 g/mol. The molecular formula is C25H28N2O. The van der Waals surface area contributed by atoms with Gasteiger partial charge in [-0.1, -0.05) is 44.2 Å². The van der Waals surface area contributed by atoms with Crippen molar-refractivity contribution >= 4 is 11.7 Å². The monoisotopic (exact) mass is 372 g/mol. The van der Waals surface area contributed by atoms with Gasteiger partial charge in [0.15, 0.2) is 0 Å². The molecule has 4 rings (SSSR count). The summed E-state index contributed by atoms with van der Waals surface area (Å²) in [5.41, 5.74) is 8.18. The summed E-state index contributed by atoms with van der Waals surface area (Å²) < 4.78 is 0. The SMILES string of the molecule is CC.Cc1ccccc1C(=O)Nc1ccc(-c2cc3c(cc2C)CCC3)cn1. The van der Waals surface area contributed by atoms with Crippen LogP contribution in [-0.2, 0) is 12.8 Å². The zero-order valence-corrected chi connectivity index (χ0v) is 17.2. The van der Waals surface area contributed by atoms with Crippen molar-refractivity contribution in [3.05, 3.63) is 82.5 Å². The Morgan fingerprint density at radius 1 is 0.929 bits per heavy atom. The molecule has 2 aromatic carbocycles. The first-order valence-electron chi connectivity index (χ1n) is 10.1. The molecule has 0 saturated heterocycles. The Hall–Kier alpha value is -2.94. The molecule has 1 N–H and O–H groups in total. The van der Waals surface area contributed by atoms with Crippen LogP contribution in [0.3, 0.4) is 0 Å². The van der Waals surface area contributed by atoms with Gasteiger partial charge in [-0.2, -0.15) is 0 Å². The van der Waals surface area contributed by atoms with Gasteiger partial charge in [-0.15, -0.1) is 0 Å². The van der Waals surface area contributed by atoms with Crippen LogP contribution in [0.25, 0.3) is 11.1 Å². The second-order valence-corrected chi connectivity index (χ2v) is 6.99. The Bertz CT molecular complexity index is 974. The Morgan fingerprint density at radius 2 is 1.64 bits per heavy atom. The average Bonchev–Trinajstić information content (AvgIpc) is 3.17. The third-order valence-electron chi connectivity index (χ3n) is 5.14. The van der Waals surface area contributed by atoms with Crippen molar-refractivity contribution in [2.45, 2.75) is 47.0 Å². The molecule has 0 fully saturated rings. The molecule has 1 heterocycles. The number of amides is 1. The Balaban J connectivity index is 0.00000109. The van der Waals surface area contributed by atoms with Gasteiger partial charge in [-0.05, 0) is 79.1 Å². The van der Waals surface area contributed by atoms with Gasteiger partial charge in [-0.25, -0.2) is 4.98 Å². The summed E-state index contributed by atoms with van der Waals surface area (Å²) >= 11 is 0. The van der Waals surface area contributed by atoms with E-state index in [1.165, 1.54) is 41.5 Å². The van der Waals surface area contributed by atoms with Crippen molar-refractivity contribution in [1.82, 2.24) is 4.98 Å². The van der Waals surface area contributed by atoms with E-state index < -0.39 is 0 Å². The van der Waals surface area contributed by atoms with Gasteiger partial charge in [0.2, 0.25) is 0 Å². The van der Waals surface area contributed by atoms with E-state index in [2.05, 4.69) is 29.4 Å². The predicted molar refractivity (Wildman–Crippen MR) is 117 cm³/mol. The molecule has 3 heteroatoms. The van der Waals surface area contributed by atoms with Crippen molar-refractivity contribution in [2.75, 3.05) is 5.32 Å². The summed E-state index contributed by atoms with van der Waals surface area (Å²) in [6.45, 7) is 8.09. The third kappa shape index (κ3) is 4.14. The van der Waals surface area contributed by atoms with Crippen LogP contribution in [0.1, 0.15) is 52.9 Å². The summed E-state index contributed by atoms with van der Waals surface area (Å²) in [6.07, 6.45) is 5.46. The van der Waals surface area contributed by atoms with Crippen LogP contribution in [-0.4, -0.2) is 10.9 Å². The highest BCUT2D eigenvalue weighted by Gasteiger charge is 2.14. The minimum Gasteiger partial charge on any atom is -0.307 e. The maximum absolute atomic E-state index is 12.4. The standard InChI is InChI=1S/C23H22N2O.C2H6/c1-15-6-3-4-9-20(15)23(26)25-22-11-10-19(14-24-22)21-13-18-8-5-7-17(18)12-16(21)2;1-2/h3-4,6,9-14H,5,7-8H2,1-2H3,(H,24,25,26);1-2H3. The highest BCUT2D eigenvalue weighted by molar-refractivity contribution is 6.04. The molecule has 0 aliphatic heterocycles. The van der Waals surface area contributed by atoms with E-state index in [9.17, 15) is 4.79 Å². The highest BCUT2D eigenvalue weighted by atomic mass is 16.1. The Morgan fingerprint density at radius 3 is 2.32 bits per heavy atom. The first-order chi connectivity index (χ1) is 13.6. The van der Waals surface area contributed by atoms with Crippen LogP contribution in [0.2, 0.25) is 0 Å². The molecule has 144 valence electrons. The third-order valence-corrected chi connectivity index (χ3v) is 5.14. The zero-order chi connectivity index (χ0) is 20.1. The molecule has 0 bridgehead atoms. The molecule has 1 aromatic heterocycles. The van der Waals surface area contributed by atoms with E-state index in [4.69, 9.17) is 0 Å². The van der Waals surface area contributed by atoms with Crippen LogP contribution in [0.15, 0.2) is 54.7 Å². The number of fused-ring (bicyclic) bond motifs is 1. The lowest BCUT2D eigenvalue weighted by molar-refractivity contribution is 0.102. The number of hydrogen-bond acceptors (Lipinski definition) is 2. The molecule has 3 nitrogen and oxygen atoms in total. The highest BCUT2D eigenvalue weighted by Crippen LogP contribution is 2.31. The fraction of sp³-hybridized carbons (Fsp3) is 0.280. The van der Waals surface area contributed by atoms with E-state index in [-0.39, 0.29) is 5.91 Å². The van der Waals surface area contributed by atoms with Gasteiger partial charge in [0, 0.05) is 17.3 Å². The number of aromatic nitrogens is 1. The molecule has 0 spiro atoms. The molecule has 0 unspecified atom stereocenters. The van der Waals surface area contributed by atoms with Crippen LogP contribution in [0.4, 0.5) is 5.82 Å². The fourth-order valence-corrected chi connectivity index (χ4v) is 3.70. The lowest BCUT2D eigenvalue weighted by atomic mass is 9.96. The maximum Gasteiger partial charge on any atom is 0.257 e. The summed E-state index contributed by atoms with van der Waals surface area (Å²) in [5.74, 6) is 0.442. The first kappa shape index (κ1) is 19.8. The van der Waals surface area contributed by atoms with Crippen molar-refractivity contribution in [3.8, 4) is 11.1 Å². The number of anilines is 1. The molecule has 3 aromatic rings. The van der Waals surface area contributed by atoms with Gasteiger partial charge in [0.25, 0.3) is 5.91 Å². The number of hydrogen-bond donors (Lipinski definition) is 1. The van der Waals surface area contributed by atoms with E-state index in [1.807, 2.05) is 63.4 Å². The van der Waals surface area contributed by atoms with Gasteiger partial charge < -0.3 is 5.32 Å². The number of nitrogens with one attached hydrogen (secondary N) is 1. The van der Waals surface area contributed by atoms with Crippen LogP contribution < -0.4 is 5.32 Å². The number of carbonyl (C=O) groups excluding carboxylic acids is 1. The number of benzene rings is 2. The van der Waals surface area contributed by atoms with E-state index in [1.54, 1.807) is 0 Å². The summed E-state index contributed by atoms with van der Waals surface area (Å²) in [6, 6.07) is 16.1. The number of rotatable bonds is 3. The largest absolute Gasteiger partial charge is 0.307 e. The first-order valence-corrected chi connectivity index (χ1v) is 10.1. The predicted octanol–water partition coefficient (Wildman–Crippen LogP) is 6.13. The molecule has 1 aliphatic rings. The van der Waals surface area contributed by atoms with E-state index in [0.717, 1.165) is 11.1 Å². The Labute approximate surface area is 167 Å². The van der Waals surface area contributed by atoms with Crippen molar-refractivity contribution < 1.29 is 4.79 Å². The van der Waals surface area contributed by atoms with Crippen molar-refractivity contribution in [1.29, 1.82) is 0 Å². The molecule has 1 amide bonds. The second kappa shape index (κ2) is 8.83. The summed E-state index contributed by atoms with van der Waals surface area (Å²) in [4.78, 5) is 16.9. The number of carbonyl (C=O) groups is 1. The molecule has 0 atom stereocenters. The van der Waals surface area contributed by atoms with Crippen LogP contribution in [0, 0.1) is 13.8 Å². The smallest absolute Gasteiger partial charge is 0.257 e. The topological polar surface area (TPSA) is 42.0 Å². The van der Waals surface area contributed by atoms with Gasteiger partial charge in [0.05, 0.1) is 0 Å². The zero-order valence-electron chi connectivity index (χ0n) is 17.2. The van der Waals surface area contributed by atoms with Gasteiger partial charge in [-0.3, -0.25) is 4.79 Å². The summed E-state index contributed by atoms with van der Waals surface area (Å²) in [7, 11) is 0. The van der Waals surface area contributed by atoms with Gasteiger partial charge >= 0.3 is 0 Å². The number of nitrogens with zero attached hydrogens (tertiary/aromatic N) is 1. The average molecular weight is 373 g/mol. The van der Waals surface area contributed by atoms with Crippen LogP contribution >= 0.6 is 0 Å². The minimum absolute atomic E-state index is 0.128. The lowest BCUT2D eigenvalue weighted by Gasteiger charge is -2.11. The van der Waals surface area contributed by atoms with Crippen molar-refractivity contribution in [2.24, 2.45) is 0 Å². The molecule has 28 heavy (non-hydrogen) atoms. The van der Waals surface area contributed by atoms with E-state index >= 15 is 0 Å². The number of pyridine rings is 1. The molecule has 0 radical (unpaired) electrons. The number of aryl methyl sites for hydroxylation is 4. The van der Waals surface area contributed by atoms with Crippen molar-refractivity contribution in [3.63, 3.8) is 0 Å². The van der Waals surface area contributed by atoms with E-state index in [0.29, 0.717) is 11.4 Å². The quantitative estimate of drug-likeness (QED) is 0.600. The van der Waals surface area contributed by atoms with Gasteiger partial charge in [0.1, 0.15) is 5.82 Å². The molecule has 1 aliphatic carbocycles. The summed E-state index contributed by atoms with van der Waals surface area (Å²) in [5, 5.41) is 2.88. The fourth-order valence-electron chi connectivity index (χ4n) is 3.70. The second-order valence-electron chi connectivity index (χ2n) is 6.99. The van der Waals surface area contributed by atoms with Crippen LogP contribution in [0.5, 0.6) is 0 Å². The lowest BCUT2D eigenvalue weighted by Crippen LogP contribution is -2.14.